The Labute approximate surface area is 103 Å². The van der Waals surface area contributed by atoms with Crippen LogP contribution >= 0.6 is 0 Å². The molecular weight excluding hydrogens is 216 g/mol. The maximum atomic E-state index is 5.60. The normalized spacial score (nSPS) is 11.7. The zero-order valence-electron chi connectivity index (χ0n) is 11.2. The summed E-state index contributed by atoms with van der Waals surface area (Å²) in [5.74, 6) is 7.70. The van der Waals surface area contributed by atoms with Crippen LogP contribution in [0.2, 0.25) is 0 Å². The molecule has 1 heterocycles. The molecule has 17 heavy (non-hydrogen) atoms. The van der Waals surface area contributed by atoms with E-state index in [1.54, 1.807) is 6.07 Å². The monoisotopic (exact) mass is 238 g/mol. The molecule has 5 heteroatoms. The van der Waals surface area contributed by atoms with Gasteiger partial charge in [-0.2, -0.15) is 4.98 Å². The van der Waals surface area contributed by atoms with Crippen LogP contribution in [-0.4, -0.2) is 16.6 Å². The maximum Gasteiger partial charge on any atom is 0.218 e. The summed E-state index contributed by atoms with van der Waals surface area (Å²) in [5, 5.41) is 0. The Morgan fingerprint density at radius 3 is 2.47 bits per heavy atom. The molecule has 5 nitrogen and oxygen atoms in total. The van der Waals surface area contributed by atoms with E-state index < -0.39 is 0 Å². The number of hydrogen-bond donors (Lipinski definition) is 2. The summed E-state index contributed by atoms with van der Waals surface area (Å²) >= 11 is 0. The number of nitrogens with one attached hydrogen (secondary N) is 1. The molecule has 1 aromatic heterocycles. The number of hydrogen-bond acceptors (Lipinski definition) is 5. The molecule has 0 aliphatic heterocycles. The lowest BCUT2D eigenvalue weighted by Gasteiger charge is -2.18. The highest BCUT2D eigenvalue weighted by molar-refractivity contribution is 5.37. The molecule has 0 saturated carbocycles. The topological polar surface area (TPSA) is 73.1 Å². The van der Waals surface area contributed by atoms with Crippen LogP contribution in [0.15, 0.2) is 6.07 Å². The van der Waals surface area contributed by atoms with Gasteiger partial charge in [0.2, 0.25) is 5.88 Å². The summed E-state index contributed by atoms with van der Waals surface area (Å²) in [6, 6.07) is 1.71. The molecule has 0 spiro atoms. The third-order valence-corrected chi connectivity index (χ3v) is 2.09. The standard InChI is InChI=1S/C12H22N4O/c1-8(2)7-17-10-6-9(16-13)14-11(15-10)12(3,4)5/h6,8H,7,13H2,1-5H3,(H,14,15,16). The highest BCUT2D eigenvalue weighted by Gasteiger charge is 2.19. The van der Waals surface area contributed by atoms with E-state index in [1.807, 2.05) is 0 Å². The van der Waals surface area contributed by atoms with Crippen molar-refractivity contribution in [2.45, 2.75) is 40.0 Å². The molecule has 0 amide bonds. The molecule has 3 N–H and O–H groups in total. The minimum Gasteiger partial charge on any atom is -0.477 e. The van der Waals surface area contributed by atoms with Crippen molar-refractivity contribution in [2.24, 2.45) is 11.8 Å². The summed E-state index contributed by atoms with van der Waals surface area (Å²) in [7, 11) is 0. The fraction of sp³-hybridized carbons (Fsp3) is 0.667. The van der Waals surface area contributed by atoms with Gasteiger partial charge in [-0.05, 0) is 5.92 Å². The van der Waals surface area contributed by atoms with Gasteiger partial charge in [0.05, 0.1) is 6.61 Å². The number of hydrazine groups is 1. The van der Waals surface area contributed by atoms with Gasteiger partial charge in [0.1, 0.15) is 11.6 Å². The average molecular weight is 238 g/mol. The lowest BCUT2D eigenvalue weighted by Crippen LogP contribution is -2.19. The average Bonchev–Trinajstić information content (AvgIpc) is 2.24. The lowest BCUT2D eigenvalue weighted by molar-refractivity contribution is 0.259. The first-order chi connectivity index (χ1) is 7.82. The number of nitrogens with zero attached hydrogens (tertiary/aromatic N) is 2. The minimum atomic E-state index is -0.136. The smallest absolute Gasteiger partial charge is 0.218 e. The fourth-order valence-corrected chi connectivity index (χ4v) is 1.16. The summed E-state index contributed by atoms with van der Waals surface area (Å²) in [6.07, 6.45) is 0. The van der Waals surface area contributed by atoms with Crippen molar-refractivity contribution in [1.82, 2.24) is 9.97 Å². The Morgan fingerprint density at radius 1 is 1.35 bits per heavy atom. The summed E-state index contributed by atoms with van der Waals surface area (Å²) in [5.41, 5.74) is 2.40. The second-order valence-electron chi connectivity index (χ2n) is 5.51. The third-order valence-electron chi connectivity index (χ3n) is 2.09. The van der Waals surface area contributed by atoms with Crippen molar-refractivity contribution in [2.75, 3.05) is 12.0 Å². The van der Waals surface area contributed by atoms with E-state index in [0.717, 1.165) is 0 Å². The number of nitrogens with two attached hydrogens (primary N) is 1. The van der Waals surface area contributed by atoms with Crippen molar-refractivity contribution in [3.63, 3.8) is 0 Å². The van der Waals surface area contributed by atoms with E-state index in [9.17, 15) is 0 Å². The van der Waals surface area contributed by atoms with Gasteiger partial charge < -0.3 is 10.2 Å². The van der Waals surface area contributed by atoms with Gasteiger partial charge in [-0.1, -0.05) is 34.6 Å². The van der Waals surface area contributed by atoms with Crippen LogP contribution in [0.5, 0.6) is 5.88 Å². The third kappa shape index (κ3) is 4.19. The van der Waals surface area contributed by atoms with Gasteiger partial charge in [0.25, 0.3) is 0 Å². The molecular formula is C12H22N4O. The first-order valence-corrected chi connectivity index (χ1v) is 5.82. The molecule has 96 valence electrons. The molecule has 0 radical (unpaired) electrons. The van der Waals surface area contributed by atoms with Crippen LogP contribution in [0, 0.1) is 5.92 Å². The molecule has 0 atom stereocenters. The largest absolute Gasteiger partial charge is 0.477 e. The van der Waals surface area contributed by atoms with Crippen molar-refractivity contribution < 1.29 is 4.74 Å². The van der Waals surface area contributed by atoms with Crippen molar-refractivity contribution in [3.8, 4) is 5.88 Å². The highest BCUT2D eigenvalue weighted by Crippen LogP contribution is 2.23. The summed E-state index contributed by atoms with van der Waals surface area (Å²) in [6.45, 7) is 11.0. The first-order valence-electron chi connectivity index (χ1n) is 5.82. The molecule has 0 aromatic carbocycles. The van der Waals surface area contributed by atoms with Crippen LogP contribution in [0.4, 0.5) is 5.82 Å². The van der Waals surface area contributed by atoms with Gasteiger partial charge in [0.15, 0.2) is 0 Å². The molecule has 0 aliphatic carbocycles. The van der Waals surface area contributed by atoms with E-state index in [1.165, 1.54) is 0 Å². The number of nitrogen functional groups attached to an aromatic ring is 1. The lowest BCUT2D eigenvalue weighted by atomic mass is 9.96. The number of ether oxygens (including phenoxy) is 1. The van der Waals surface area contributed by atoms with Gasteiger partial charge in [0, 0.05) is 11.5 Å². The van der Waals surface area contributed by atoms with Crippen LogP contribution in [0.1, 0.15) is 40.4 Å². The predicted molar refractivity (Wildman–Crippen MR) is 68.9 cm³/mol. The number of rotatable bonds is 4. The quantitative estimate of drug-likeness (QED) is 0.620. The summed E-state index contributed by atoms with van der Waals surface area (Å²) < 4.78 is 5.60. The van der Waals surface area contributed by atoms with Crippen LogP contribution < -0.4 is 16.0 Å². The van der Waals surface area contributed by atoms with E-state index in [2.05, 4.69) is 50.0 Å². The van der Waals surface area contributed by atoms with E-state index >= 15 is 0 Å². The maximum absolute atomic E-state index is 5.60. The van der Waals surface area contributed by atoms with Crippen LogP contribution in [0.25, 0.3) is 0 Å². The Morgan fingerprint density at radius 2 is 2.00 bits per heavy atom. The van der Waals surface area contributed by atoms with E-state index in [0.29, 0.717) is 30.0 Å². The van der Waals surface area contributed by atoms with E-state index in [4.69, 9.17) is 10.6 Å². The molecule has 1 aromatic rings. The van der Waals surface area contributed by atoms with Crippen molar-refractivity contribution in [3.05, 3.63) is 11.9 Å². The molecule has 0 bridgehead atoms. The number of anilines is 1. The molecule has 0 unspecified atom stereocenters. The molecule has 0 saturated heterocycles. The van der Waals surface area contributed by atoms with E-state index in [-0.39, 0.29) is 5.41 Å². The minimum absolute atomic E-state index is 0.136. The zero-order valence-corrected chi connectivity index (χ0v) is 11.2. The predicted octanol–water partition coefficient (Wildman–Crippen LogP) is 2.09. The van der Waals surface area contributed by atoms with Crippen LogP contribution in [0.3, 0.4) is 0 Å². The van der Waals surface area contributed by atoms with Gasteiger partial charge in [-0.3, -0.25) is 0 Å². The van der Waals surface area contributed by atoms with Gasteiger partial charge in [-0.15, -0.1) is 0 Å². The first kappa shape index (κ1) is 13.7. The van der Waals surface area contributed by atoms with Crippen molar-refractivity contribution in [1.29, 1.82) is 0 Å². The Balaban J connectivity index is 2.97. The highest BCUT2D eigenvalue weighted by atomic mass is 16.5. The second-order valence-corrected chi connectivity index (χ2v) is 5.51. The fourth-order valence-electron chi connectivity index (χ4n) is 1.16. The number of aromatic nitrogens is 2. The van der Waals surface area contributed by atoms with Gasteiger partial charge in [-0.25, -0.2) is 10.8 Å². The molecule has 0 aliphatic rings. The SMILES string of the molecule is CC(C)COc1cc(NN)nc(C(C)(C)C)n1. The molecule has 1 rings (SSSR count). The Hall–Kier alpha value is -1.36. The zero-order chi connectivity index (χ0) is 13.1. The van der Waals surface area contributed by atoms with Gasteiger partial charge >= 0.3 is 0 Å². The van der Waals surface area contributed by atoms with Crippen molar-refractivity contribution >= 4 is 5.82 Å². The molecule has 0 fully saturated rings. The second kappa shape index (κ2) is 5.31. The Bertz CT molecular complexity index is 371. The Kier molecular flexibility index (Phi) is 4.28. The van der Waals surface area contributed by atoms with Crippen LogP contribution in [-0.2, 0) is 5.41 Å². The summed E-state index contributed by atoms with van der Waals surface area (Å²) in [4.78, 5) is 8.72.